The van der Waals surface area contributed by atoms with Gasteiger partial charge in [0.2, 0.25) is 5.91 Å². The van der Waals surface area contributed by atoms with Crippen molar-refractivity contribution in [1.82, 2.24) is 0 Å². The van der Waals surface area contributed by atoms with E-state index in [1.54, 1.807) is 18.2 Å². The van der Waals surface area contributed by atoms with Gasteiger partial charge in [-0.15, -0.1) is 0 Å². The molecule has 0 bridgehead atoms. The van der Waals surface area contributed by atoms with Gasteiger partial charge >= 0.3 is 5.97 Å². The molecule has 17 heavy (non-hydrogen) atoms. The number of carbonyl (C=O) groups is 2. The van der Waals surface area contributed by atoms with E-state index in [-0.39, 0.29) is 16.3 Å². The van der Waals surface area contributed by atoms with Gasteiger partial charge in [0.05, 0.1) is 11.3 Å². The van der Waals surface area contributed by atoms with Crippen LogP contribution in [0.4, 0.5) is 5.69 Å². The van der Waals surface area contributed by atoms with Crippen molar-refractivity contribution in [1.29, 1.82) is 0 Å². The van der Waals surface area contributed by atoms with Crippen LogP contribution < -0.4 is 4.90 Å². The summed E-state index contributed by atoms with van der Waals surface area (Å²) in [7, 11) is 0. The Kier molecular flexibility index (Phi) is 3.72. The van der Waals surface area contributed by atoms with Crippen molar-refractivity contribution in [3.05, 3.63) is 27.3 Å². The van der Waals surface area contributed by atoms with Crippen molar-refractivity contribution < 1.29 is 14.7 Å². The first-order valence-electron chi connectivity index (χ1n) is 4.96. The van der Waals surface area contributed by atoms with E-state index in [1.807, 2.05) is 0 Å². The number of rotatable bonds is 2. The molecule has 6 heteroatoms. The Hall–Kier alpha value is -0.630. The molecule has 1 heterocycles. The van der Waals surface area contributed by atoms with E-state index in [4.69, 9.17) is 5.11 Å². The fraction of sp³-hybridized carbons (Fsp3) is 0.273. The summed E-state index contributed by atoms with van der Waals surface area (Å²) in [6.07, 6.45) is 0.408. The molecule has 1 saturated heterocycles. The zero-order valence-electron chi connectivity index (χ0n) is 8.69. The molecule has 90 valence electrons. The summed E-state index contributed by atoms with van der Waals surface area (Å²) < 4.78 is 0.839. The summed E-state index contributed by atoms with van der Waals surface area (Å²) in [5.41, 5.74) is 0.650. The molecule has 4 nitrogen and oxygen atoms in total. The minimum Gasteiger partial charge on any atom is -0.478 e. The lowest BCUT2D eigenvalue weighted by Crippen LogP contribution is -2.26. The summed E-state index contributed by atoms with van der Waals surface area (Å²) in [6.45, 7) is 0.514. The molecule has 0 aromatic heterocycles. The lowest BCUT2D eigenvalue weighted by Gasteiger charge is -2.18. The molecule has 1 atom stereocenters. The predicted octanol–water partition coefficient (Wildman–Crippen LogP) is 2.49. The smallest absolute Gasteiger partial charge is 0.337 e. The number of hydrogen-bond donors (Lipinski definition) is 1. The van der Waals surface area contributed by atoms with Crippen LogP contribution in [0.1, 0.15) is 16.8 Å². The van der Waals surface area contributed by atoms with E-state index in [0.717, 1.165) is 3.57 Å². The first kappa shape index (κ1) is 12.8. The number of amides is 1. The number of halogens is 2. The average Bonchev–Trinajstić information content (AvgIpc) is 2.57. The second kappa shape index (κ2) is 4.93. The number of benzene rings is 1. The first-order valence-corrected chi connectivity index (χ1v) is 6.96. The topological polar surface area (TPSA) is 57.6 Å². The summed E-state index contributed by atoms with van der Waals surface area (Å²) >= 11 is 5.43. The molecular weight excluding hydrogens is 401 g/mol. The highest BCUT2D eigenvalue weighted by Gasteiger charge is 2.31. The maximum absolute atomic E-state index is 11.7. The monoisotopic (exact) mass is 409 g/mol. The number of carboxylic acids is 1. The Morgan fingerprint density at radius 3 is 2.76 bits per heavy atom. The molecule has 1 fully saturated rings. The third-order valence-electron chi connectivity index (χ3n) is 2.56. The van der Waals surface area contributed by atoms with Crippen molar-refractivity contribution >= 4 is 56.1 Å². The highest BCUT2D eigenvalue weighted by molar-refractivity contribution is 14.1. The molecule has 1 N–H and O–H groups in total. The van der Waals surface area contributed by atoms with E-state index in [0.29, 0.717) is 18.7 Å². The number of nitrogens with zero attached hydrogens (tertiary/aromatic N) is 1. The van der Waals surface area contributed by atoms with Gasteiger partial charge in [0.25, 0.3) is 0 Å². The van der Waals surface area contributed by atoms with Crippen molar-refractivity contribution in [2.45, 2.75) is 11.2 Å². The fourth-order valence-electron chi connectivity index (χ4n) is 1.81. The second-order valence-electron chi connectivity index (χ2n) is 3.77. The van der Waals surface area contributed by atoms with Gasteiger partial charge in [0, 0.05) is 21.4 Å². The van der Waals surface area contributed by atoms with Gasteiger partial charge in [-0.05, 0) is 40.8 Å². The summed E-state index contributed by atoms with van der Waals surface area (Å²) in [6, 6.07) is 5.07. The van der Waals surface area contributed by atoms with Gasteiger partial charge in [-0.3, -0.25) is 4.79 Å². The fourth-order valence-corrected chi connectivity index (χ4v) is 2.87. The number of hydrogen-bond acceptors (Lipinski definition) is 2. The third-order valence-corrected chi connectivity index (χ3v) is 3.84. The molecule has 1 aromatic carbocycles. The van der Waals surface area contributed by atoms with Crippen LogP contribution in [0, 0.1) is 3.57 Å². The normalized spacial score (nSPS) is 19.8. The third kappa shape index (κ3) is 2.62. The van der Waals surface area contributed by atoms with Crippen LogP contribution in [0.25, 0.3) is 0 Å². The maximum Gasteiger partial charge on any atom is 0.337 e. The Morgan fingerprint density at radius 1 is 1.53 bits per heavy atom. The van der Waals surface area contributed by atoms with Crippen LogP contribution in [-0.2, 0) is 4.79 Å². The van der Waals surface area contributed by atoms with Crippen molar-refractivity contribution in [3.8, 4) is 0 Å². The van der Waals surface area contributed by atoms with E-state index in [1.165, 1.54) is 4.90 Å². The van der Waals surface area contributed by atoms with E-state index in [9.17, 15) is 9.59 Å². The molecule has 2 rings (SSSR count). The summed E-state index contributed by atoms with van der Waals surface area (Å²) in [5.74, 6) is -1.06. The van der Waals surface area contributed by atoms with Crippen LogP contribution in [0.5, 0.6) is 0 Å². The van der Waals surface area contributed by atoms with Gasteiger partial charge in [0.15, 0.2) is 0 Å². The Bertz CT molecular complexity index is 492. The molecule has 0 radical (unpaired) electrons. The minimum absolute atomic E-state index is 0.0458. The van der Waals surface area contributed by atoms with Crippen LogP contribution in [0.15, 0.2) is 18.2 Å². The summed E-state index contributed by atoms with van der Waals surface area (Å²) in [5, 5.41) is 9.15. The van der Waals surface area contributed by atoms with E-state index < -0.39 is 5.97 Å². The number of aromatic carboxylic acids is 1. The van der Waals surface area contributed by atoms with Crippen LogP contribution in [-0.4, -0.2) is 28.4 Å². The molecule has 1 aliphatic heterocycles. The van der Waals surface area contributed by atoms with Gasteiger partial charge in [-0.25, -0.2) is 4.79 Å². The lowest BCUT2D eigenvalue weighted by atomic mass is 10.1. The standard InChI is InChI=1S/C11H9BrINO3/c12-6-3-10(15)14(5-6)9-2-1-7(13)4-8(9)11(16)17/h1-2,4,6H,3,5H2,(H,16,17). The molecule has 1 aromatic rings. The minimum atomic E-state index is -1.01. The zero-order valence-corrected chi connectivity index (χ0v) is 12.4. The molecule has 0 aliphatic carbocycles. The van der Waals surface area contributed by atoms with Crippen LogP contribution in [0.3, 0.4) is 0 Å². The van der Waals surface area contributed by atoms with Crippen LogP contribution >= 0.6 is 38.5 Å². The highest BCUT2D eigenvalue weighted by Crippen LogP contribution is 2.29. The molecule has 0 saturated carbocycles. The largest absolute Gasteiger partial charge is 0.478 e. The molecule has 1 unspecified atom stereocenters. The molecule has 0 spiro atoms. The van der Waals surface area contributed by atoms with Crippen molar-refractivity contribution in [2.24, 2.45) is 0 Å². The predicted molar refractivity (Wildman–Crippen MR) is 75.8 cm³/mol. The number of carboxylic acid groups (broad SMARTS) is 1. The zero-order chi connectivity index (χ0) is 12.6. The SMILES string of the molecule is O=C(O)c1cc(I)ccc1N1CC(Br)CC1=O. The Morgan fingerprint density at radius 2 is 2.24 bits per heavy atom. The Balaban J connectivity index is 2.45. The summed E-state index contributed by atoms with van der Waals surface area (Å²) in [4.78, 5) is 24.5. The van der Waals surface area contributed by atoms with Gasteiger partial charge in [-0.1, -0.05) is 15.9 Å². The van der Waals surface area contributed by atoms with Gasteiger partial charge < -0.3 is 10.0 Å². The quantitative estimate of drug-likeness (QED) is 0.603. The second-order valence-corrected chi connectivity index (χ2v) is 6.31. The molecule has 1 amide bonds. The van der Waals surface area contributed by atoms with Gasteiger partial charge in [-0.2, -0.15) is 0 Å². The number of alkyl halides is 1. The number of carbonyl (C=O) groups excluding carboxylic acids is 1. The Labute approximate surface area is 120 Å². The lowest BCUT2D eigenvalue weighted by molar-refractivity contribution is -0.117. The number of anilines is 1. The highest BCUT2D eigenvalue weighted by atomic mass is 127. The van der Waals surface area contributed by atoms with Gasteiger partial charge in [0.1, 0.15) is 0 Å². The first-order chi connectivity index (χ1) is 7.99. The van der Waals surface area contributed by atoms with E-state index >= 15 is 0 Å². The average molecular weight is 410 g/mol. The van der Waals surface area contributed by atoms with Crippen molar-refractivity contribution in [2.75, 3.05) is 11.4 Å². The molecule has 1 aliphatic rings. The molecular formula is C11H9BrINO3. The maximum atomic E-state index is 11.7. The van der Waals surface area contributed by atoms with Crippen LogP contribution in [0.2, 0.25) is 0 Å². The van der Waals surface area contributed by atoms with Crippen molar-refractivity contribution in [3.63, 3.8) is 0 Å². The van der Waals surface area contributed by atoms with E-state index in [2.05, 4.69) is 38.5 Å².